The second-order valence-electron chi connectivity index (χ2n) is 6.34. The average molecular weight is 268 g/mol. The maximum Gasteiger partial charge on any atom is 0.236 e. The van der Waals surface area contributed by atoms with E-state index in [1.54, 1.807) is 0 Å². The smallest absolute Gasteiger partial charge is 0.236 e. The van der Waals surface area contributed by atoms with Crippen LogP contribution in [0.1, 0.15) is 45.4 Å². The van der Waals surface area contributed by atoms with Crippen molar-refractivity contribution in [2.45, 2.75) is 57.5 Å². The summed E-state index contributed by atoms with van der Waals surface area (Å²) in [5, 5.41) is 9.08. The van der Waals surface area contributed by atoms with Crippen molar-refractivity contribution in [3.05, 3.63) is 0 Å². The molecule has 1 amide bonds. The van der Waals surface area contributed by atoms with E-state index in [9.17, 15) is 4.79 Å². The molecule has 0 saturated heterocycles. The molecule has 0 spiro atoms. The normalized spacial score (nSPS) is 27.6. The SMILES string of the molecule is CC1CCC(N(C)C(=O)CN(CCO)C2CC2)CC1. The molecule has 0 heterocycles. The maximum atomic E-state index is 12.3. The standard InChI is InChI=1S/C15H28N2O2/c1-12-3-5-13(6-4-12)16(2)15(19)11-17(9-10-18)14-7-8-14/h12-14,18H,3-11H2,1-2H3. The number of likely N-dealkylation sites (N-methyl/N-ethyl adjacent to an activating group) is 1. The molecule has 2 fully saturated rings. The number of aliphatic hydroxyl groups is 1. The van der Waals surface area contributed by atoms with E-state index in [-0.39, 0.29) is 12.5 Å². The quantitative estimate of drug-likeness (QED) is 0.793. The Balaban J connectivity index is 1.80. The fourth-order valence-electron chi connectivity index (χ4n) is 3.08. The lowest BCUT2D eigenvalue weighted by Crippen LogP contribution is -2.45. The van der Waals surface area contributed by atoms with Crippen molar-refractivity contribution < 1.29 is 9.90 Å². The highest BCUT2D eigenvalue weighted by Gasteiger charge is 2.32. The Bertz CT molecular complexity index is 297. The maximum absolute atomic E-state index is 12.3. The van der Waals surface area contributed by atoms with Gasteiger partial charge in [-0.25, -0.2) is 0 Å². The van der Waals surface area contributed by atoms with Crippen molar-refractivity contribution in [1.82, 2.24) is 9.80 Å². The van der Waals surface area contributed by atoms with Crippen LogP contribution in [0.4, 0.5) is 0 Å². The third-order valence-electron chi connectivity index (χ3n) is 4.72. The lowest BCUT2D eigenvalue weighted by Gasteiger charge is -2.35. The minimum atomic E-state index is 0.147. The van der Waals surface area contributed by atoms with Gasteiger partial charge in [0.05, 0.1) is 13.2 Å². The largest absolute Gasteiger partial charge is 0.395 e. The van der Waals surface area contributed by atoms with E-state index in [1.807, 2.05) is 11.9 Å². The van der Waals surface area contributed by atoms with Gasteiger partial charge in [0.25, 0.3) is 0 Å². The summed E-state index contributed by atoms with van der Waals surface area (Å²) in [5.74, 6) is 1.04. The summed E-state index contributed by atoms with van der Waals surface area (Å²) in [6.45, 7) is 3.56. The highest BCUT2D eigenvalue weighted by molar-refractivity contribution is 5.78. The van der Waals surface area contributed by atoms with Gasteiger partial charge in [0.2, 0.25) is 5.91 Å². The summed E-state index contributed by atoms with van der Waals surface area (Å²) in [7, 11) is 1.95. The van der Waals surface area contributed by atoms with Gasteiger partial charge in [-0.1, -0.05) is 6.92 Å². The Labute approximate surface area is 116 Å². The van der Waals surface area contributed by atoms with Crippen LogP contribution in [-0.2, 0) is 4.79 Å². The first kappa shape index (κ1) is 14.8. The van der Waals surface area contributed by atoms with Crippen molar-refractivity contribution in [2.75, 3.05) is 26.7 Å². The molecule has 19 heavy (non-hydrogen) atoms. The molecule has 0 aliphatic heterocycles. The third-order valence-corrected chi connectivity index (χ3v) is 4.72. The average Bonchev–Trinajstić information content (AvgIpc) is 3.22. The van der Waals surface area contributed by atoms with Gasteiger partial charge in [0, 0.05) is 25.7 Å². The minimum Gasteiger partial charge on any atom is -0.395 e. The molecule has 4 heteroatoms. The van der Waals surface area contributed by atoms with Crippen molar-refractivity contribution in [2.24, 2.45) is 5.92 Å². The Morgan fingerprint density at radius 1 is 1.11 bits per heavy atom. The summed E-state index contributed by atoms with van der Waals surface area (Å²) < 4.78 is 0. The molecule has 0 aromatic heterocycles. The van der Waals surface area contributed by atoms with Crippen molar-refractivity contribution in [1.29, 1.82) is 0 Å². The van der Waals surface area contributed by atoms with Gasteiger partial charge in [-0.3, -0.25) is 9.69 Å². The van der Waals surface area contributed by atoms with Gasteiger partial charge in [-0.2, -0.15) is 0 Å². The van der Waals surface area contributed by atoms with Gasteiger partial charge in [-0.05, 0) is 44.4 Å². The zero-order valence-electron chi connectivity index (χ0n) is 12.3. The summed E-state index contributed by atoms with van der Waals surface area (Å²) >= 11 is 0. The molecule has 0 unspecified atom stereocenters. The number of amides is 1. The van der Waals surface area contributed by atoms with Gasteiger partial charge >= 0.3 is 0 Å². The van der Waals surface area contributed by atoms with Crippen molar-refractivity contribution in [3.63, 3.8) is 0 Å². The van der Waals surface area contributed by atoms with E-state index in [2.05, 4.69) is 11.8 Å². The van der Waals surface area contributed by atoms with E-state index < -0.39 is 0 Å². The summed E-state index contributed by atoms with van der Waals surface area (Å²) in [4.78, 5) is 16.4. The van der Waals surface area contributed by atoms with Crippen LogP contribution >= 0.6 is 0 Å². The molecule has 4 nitrogen and oxygen atoms in total. The summed E-state index contributed by atoms with van der Waals surface area (Å²) in [6, 6.07) is 0.967. The summed E-state index contributed by atoms with van der Waals surface area (Å²) in [6.07, 6.45) is 7.13. The first-order chi connectivity index (χ1) is 9.11. The highest BCUT2D eigenvalue weighted by atomic mass is 16.3. The van der Waals surface area contributed by atoms with Crippen LogP contribution in [0.3, 0.4) is 0 Å². The number of hydrogen-bond acceptors (Lipinski definition) is 3. The Morgan fingerprint density at radius 2 is 1.68 bits per heavy atom. The Hall–Kier alpha value is -0.610. The van der Waals surface area contributed by atoms with Gasteiger partial charge in [-0.15, -0.1) is 0 Å². The molecule has 2 rings (SSSR count). The fraction of sp³-hybridized carbons (Fsp3) is 0.933. The third kappa shape index (κ3) is 4.18. The molecule has 0 atom stereocenters. The molecule has 1 N–H and O–H groups in total. The van der Waals surface area contributed by atoms with Crippen LogP contribution in [-0.4, -0.2) is 59.6 Å². The van der Waals surface area contributed by atoms with Crippen LogP contribution < -0.4 is 0 Å². The lowest BCUT2D eigenvalue weighted by molar-refractivity contribution is -0.134. The number of carbonyl (C=O) groups excluding carboxylic acids is 1. The number of aliphatic hydroxyl groups excluding tert-OH is 1. The zero-order valence-corrected chi connectivity index (χ0v) is 12.3. The zero-order chi connectivity index (χ0) is 13.8. The monoisotopic (exact) mass is 268 g/mol. The van der Waals surface area contributed by atoms with Gasteiger partial charge < -0.3 is 10.0 Å². The van der Waals surface area contributed by atoms with E-state index in [4.69, 9.17) is 5.11 Å². The second kappa shape index (κ2) is 6.71. The molecular weight excluding hydrogens is 240 g/mol. The van der Waals surface area contributed by atoms with Gasteiger partial charge in [0.1, 0.15) is 0 Å². The van der Waals surface area contributed by atoms with E-state index in [1.165, 1.54) is 25.7 Å². The predicted octanol–water partition coefficient (Wildman–Crippen LogP) is 1.48. The van der Waals surface area contributed by atoms with Crippen molar-refractivity contribution in [3.8, 4) is 0 Å². The molecule has 2 saturated carbocycles. The van der Waals surface area contributed by atoms with Crippen molar-refractivity contribution >= 4 is 5.91 Å². The molecular formula is C15H28N2O2. The van der Waals surface area contributed by atoms with E-state index >= 15 is 0 Å². The fourth-order valence-corrected chi connectivity index (χ4v) is 3.08. The van der Waals surface area contributed by atoms with Crippen LogP contribution in [0, 0.1) is 5.92 Å². The molecule has 0 aromatic carbocycles. The number of carbonyl (C=O) groups is 1. The molecule has 110 valence electrons. The number of nitrogens with zero attached hydrogens (tertiary/aromatic N) is 2. The Kier molecular flexibility index (Phi) is 5.22. The lowest BCUT2D eigenvalue weighted by atomic mass is 9.87. The molecule has 0 radical (unpaired) electrons. The first-order valence-electron chi connectivity index (χ1n) is 7.72. The predicted molar refractivity (Wildman–Crippen MR) is 75.9 cm³/mol. The Morgan fingerprint density at radius 3 is 2.21 bits per heavy atom. The number of rotatable bonds is 6. The molecule has 2 aliphatic rings. The molecule has 0 aromatic rings. The molecule has 2 aliphatic carbocycles. The topological polar surface area (TPSA) is 43.8 Å². The summed E-state index contributed by atoms with van der Waals surface area (Å²) in [5.41, 5.74) is 0. The molecule has 0 bridgehead atoms. The highest BCUT2D eigenvalue weighted by Crippen LogP contribution is 2.28. The van der Waals surface area contributed by atoms with E-state index in [0.717, 1.165) is 18.8 Å². The first-order valence-corrected chi connectivity index (χ1v) is 7.72. The van der Waals surface area contributed by atoms with Crippen LogP contribution in [0.2, 0.25) is 0 Å². The van der Waals surface area contributed by atoms with Gasteiger partial charge in [0.15, 0.2) is 0 Å². The van der Waals surface area contributed by atoms with E-state index in [0.29, 0.717) is 25.2 Å². The minimum absolute atomic E-state index is 0.147. The van der Waals surface area contributed by atoms with Crippen LogP contribution in [0.25, 0.3) is 0 Å². The van der Waals surface area contributed by atoms with Crippen LogP contribution in [0.15, 0.2) is 0 Å². The number of hydrogen-bond donors (Lipinski definition) is 1. The second-order valence-corrected chi connectivity index (χ2v) is 6.34. The van der Waals surface area contributed by atoms with Crippen LogP contribution in [0.5, 0.6) is 0 Å².